The van der Waals surface area contributed by atoms with Crippen molar-refractivity contribution in [3.8, 4) is 29.7 Å². The van der Waals surface area contributed by atoms with Crippen molar-refractivity contribution in [1.29, 1.82) is 21.2 Å². The highest BCUT2D eigenvalue weighted by atomic mass is 16.5. The van der Waals surface area contributed by atoms with Crippen LogP contribution in [0.1, 0.15) is 25.3 Å². The first kappa shape index (κ1) is 20.4. The van der Waals surface area contributed by atoms with Crippen molar-refractivity contribution >= 4 is 5.71 Å². The van der Waals surface area contributed by atoms with Crippen LogP contribution in [0.25, 0.3) is 0 Å². The molecular weight excluding hydrogens is 366 g/mol. The molecule has 0 spiro atoms. The normalized spacial score (nSPS) is 25.1. The minimum Gasteiger partial charge on any atom is -0.493 e. The summed E-state index contributed by atoms with van der Waals surface area (Å²) in [5.41, 5.74) is -0.362. The van der Waals surface area contributed by atoms with Gasteiger partial charge in [-0.2, -0.15) is 15.8 Å². The summed E-state index contributed by atoms with van der Waals surface area (Å²) >= 11 is 0. The smallest absolute Gasteiger partial charge is 0.189 e. The monoisotopic (exact) mass is 389 g/mol. The van der Waals surface area contributed by atoms with Crippen molar-refractivity contribution in [2.24, 2.45) is 17.3 Å². The van der Waals surface area contributed by atoms with E-state index in [1.807, 2.05) is 26.0 Å². The Morgan fingerprint density at radius 3 is 2.52 bits per heavy atom. The number of nitrogens with zero attached hydrogens (tertiary/aromatic N) is 3. The lowest BCUT2D eigenvalue weighted by Gasteiger charge is -2.45. The number of fused-ring (bicyclic) bond motifs is 1. The molecule has 1 aromatic rings. The zero-order valence-electron chi connectivity index (χ0n) is 16.7. The zero-order chi connectivity index (χ0) is 21.2. The fourth-order valence-electron chi connectivity index (χ4n) is 4.34. The summed E-state index contributed by atoms with van der Waals surface area (Å²) in [6.45, 7) is 4.96. The Balaban J connectivity index is 2.20. The van der Waals surface area contributed by atoms with E-state index in [0.29, 0.717) is 30.2 Å². The van der Waals surface area contributed by atoms with Gasteiger partial charge in [-0.3, -0.25) is 0 Å². The number of rotatable bonds is 4. The molecule has 1 aliphatic heterocycles. The second-order valence-electron chi connectivity index (χ2n) is 7.53. The zero-order valence-corrected chi connectivity index (χ0v) is 16.7. The fraction of sp³-hybridized carbons (Fsp3) is 0.455. The molecule has 2 aliphatic rings. The lowest BCUT2D eigenvalue weighted by atomic mass is 9.54. The summed E-state index contributed by atoms with van der Waals surface area (Å²) in [4.78, 5) is 0. The van der Waals surface area contributed by atoms with E-state index in [1.165, 1.54) is 7.11 Å². The van der Waals surface area contributed by atoms with Crippen molar-refractivity contribution in [2.45, 2.75) is 25.9 Å². The fourth-order valence-corrected chi connectivity index (χ4v) is 4.34. The molecule has 0 aromatic heterocycles. The minimum atomic E-state index is -1.73. The summed E-state index contributed by atoms with van der Waals surface area (Å²) in [5.74, 6) is -0.629. The standard InChI is InChI=1S/C22H23N5O2/c1-13(2)29-18-5-4-14(8-19(18)28-3)20-17-10-27-7-6-15(17)16(9-23)21(26)22(20,11-24)12-25/h4-6,8,13,16-17,20,26-27H,7,10H2,1-3H3/t16-,17+,20-/m0/s1. The molecule has 0 unspecified atom stereocenters. The third-order valence-corrected chi connectivity index (χ3v) is 5.58. The van der Waals surface area contributed by atoms with Crippen LogP contribution in [-0.2, 0) is 0 Å². The molecule has 0 bridgehead atoms. The van der Waals surface area contributed by atoms with Crippen LogP contribution in [-0.4, -0.2) is 32.0 Å². The molecule has 7 heteroatoms. The number of nitriles is 3. The lowest BCUT2D eigenvalue weighted by molar-refractivity contribution is 0.229. The third-order valence-electron chi connectivity index (χ3n) is 5.58. The highest BCUT2D eigenvalue weighted by Crippen LogP contribution is 2.53. The predicted molar refractivity (Wildman–Crippen MR) is 106 cm³/mol. The van der Waals surface area contributed by atoms with E-state index in [0.717, 1.165) is 5.57 Å². The maximum Gasteiger partial charge on any atom is 0.189 e. The molecule has 3 atom stereocenters. The quantitative estimate of drug-likeness (QED) is 0.763. The Bertz CT molecular complexity index is 962. The number of methoxy groups -OCH3 is 1. The number of nitrogens with one attached hydrogen (secondary N) is 2. The predicted octanol–water partition coefficient (Wildman–Crippen LogP) is 2.92. The first-order valence-electron chi connectivity index (χ1n) is 9.49. The van der Waals surface area contributed by atoms with Crippen LogP contribution >= 0.6 is 0 Å². The van der Waals surface area contributed by atoms with Crippen LogP contribution in [0.15, 0.2) is 29.8 Å². The first-order chi connectivity index (χ1) is 13.9. The highest BCUT2D eigenvalue weighted by molar-refractivity contribution is 6.00. The van der Waals surface area contributed by atoms with Crippen LogP contribution in [0.2, 0.25) is 0 Å². The van der Waals surface area contributed by atoms with E-state index >= 15 is 0 Å². The molecule has 1 heterocycles. The minimum absolute atomic E-state index is 0.0385. The van der Waals surface area contributed by atoms with Gasteiger partial charge in [-0.15, -0.1) is 0 Å². The van der Waals surface area contributed by atoms with Gasteiger partial charge in [0.05, 0.1) is 37.1 Å². The van der Waals surface area contributed by atoms with E-state index in [-0.39, 0.29) is 17.7 Å². The lowest BCUT2D eigenvalue weighted by Crippen LogP contribution is -2.52. The second-order valence-corrected chi connectivity index (χ2v) is 7.53. The van der Waals surface area contributed by atoms with Crippen molar-refractivity contribution < 1.29 is 9.47 Å². The van der Waals surface area contributed by atoms with E-state index in [2.05, 4.69) is 23.5 Å². The molecule has 3 rings (SSSR count). The SMILES string of the molecule is COc1cc([C@H]2[C@@H]3CNCC=C3[C@H](C#N)C(=N)C2(C#N)C#N)ccc1OC(C)C. The third kappa shape index (κ3) is 3.23. The van der Waals surface area contributed by atoms with Gasteiger partial charge >= 0.3 is 0 Å². The van der Waals surface area contributed by atoms with E-state index in [1.54, 1.807) is 12.1 Å². The maximum atomic E-state index is 10.0. The van der Waals surface area contributed by atoms with Crippen molar-refractivity contribution in [3.05, 3.63) is 35.4 Å². The average molecular weight is 389 g/mol. The van der Waals surface area contributed by atoms with Crippen molar-refractivity contribution in [3.63, 3.8) is 0 Å². The molecule has 2 N–H and O–H groups in total. The maximum absolute atomic E-state index is 10.0. The van der Waals surface area contributed by atoms with Crippen LogP contribution in [0.3, 0.4) is 0 Å². The van der Waals surface area contributed by atoms with Gasteiger partial charge in [0.15, 0.2) is 16.9 Å². The molecule has 1 fully saturated rings. The first-order valence-corrected chi connectivity index (χ1v) is 9.49. The van der Waals surface area contributed by atoms with Crippen LogP contribution in [0.5, 0.6) is 11.5 Å². The Kier molecular flexibility index (Phi) is 5.59. The van der Waals surface area contributed by atoms with Gasteiger partial charge in [0.1, 0.15) is 5.92 Å². The topological polar surface area (TPSA) is 126 Å². The molecule has 0 amide bonds. The second kappa shape index (κ2) is 7.95. The molecule has 1 aliphatic carbocycles. The van der Waals surface area contributed by atoms with Gasteiger partial charge in [-0.25, -0.2) is 0 Å². The van der Waals surface area contributed by atoms with Crippen molar-refractivity contribution in [1.82, 2.24) is 5.32 Å². The molecular formula is C22H23N5O2. The van der Waals surface area contributed by atoms with Gasteiger partial charge in [-0.1, -0.05) is 12.1 Å². The van der Waals surface area contributed by atoms with Crippen LogP contribution < -0.4 is 14.8 Å². The molecule has 1 aromatic carbocycles. The van der Waals surface area contributed by atoms with Gasteiger partial charge in [0.25, 0.3) is 0 Å². The van der Waals surface area contributed by atoms with Gasteiger partial charge in [-0.05, 0) is 37.1 Å². The van der Waals surface area contributed by atoms with Gasteiger partial charge in [0, 0.05) is 24.9 Å². The molecule has 7 nitrogen and oxygen atoms in total. The Hall–Kier alpha value is -3.34. The number of hydrogen-bond acceptors (Lipinski definition) is 7. The van der Waals surface area contributed by atoms with Gasteiger partial charge < -0.3 is 20.2 Å². The molecule has 29 heavy (non-hydrogen) atoms. The Labute approximate surface area is 170 Å². The van der Waals surface area contributed by atoms with Crippen LogP contribution in [0.4, 0.5) is 0 Å². The van der Waals surface area contributed by atoms with Crippen LogP contribution in [0, 0.1) is 56.7 Å². The molecule has 1 saturated carbocycles. The number of hydrogen-bond donors (Lipinski definition) is 2. The van der Waals surface area contributed by atoms with E-state index in [4.69, 9.17) is 14.9 Å². The molecule has 0 radical (unpaired) electrons. The average Bonchev–Trinajstić information content (AvgIpc) is 2.73. The van der Waals surface area contributed by atoms with Crippen molar-refractivity contribution in [2.75, 3.05) is 20.2 Å². The van der Waals surface area contributed by atoms with Gasteiger partial charge in [0.2, 0.25) is 0 Å². The Morgan fingerprint density at radius 2 is 1.93 bits per heavy atom. The Morgan fingerprint density at radius 1 is 1.21 bits per heavy atom. The van der Waals surface area contributed by atoms with E-state index < -0.39 is 17.3 Å². The largest absolute Gasteiger partial charge is 0.493 e. The summed E-state index contributed by atoms with van der Waals surface area (Å²) in [7, 11) is 1.54. The van der Waals surface area contributed by atoms with E-state index in [9.17, 15) is 15.8 Å². The molecule has 0 saturated heterocycles. The highest BCUT2D eigenvalue weighted by Gasteiger charge is 2.57. The summed E-state index contributed by atoms with van der Waals surface area (Å²) in [6, 6.07) is 11.7. The number of ether oxygens (including phenoxy) is 2. The molecule has 148 valence electrons. The number of benzene rings is 1. The summed E-state index contributed by atoms with van der Waals surface area (Å²) < 4.78 is 11.3. The summed E-state index contributed by atoms with van der Waals surface area (Å²) in [5, 5.41) is 41.6. The summed E-state index contributed by atoms with van der Waals surface area (Å²) in [6.07, 6.45) is 1.87.